The van der Waals surface area contributed by atoms with Crippen LogP contribution in [0.5, 0.6) is 11.6 Å². The normalized spacial score (nSPS) is 12.5. The van der Waals surface area contributed by atoms with Crippen molar-refractivity contribution in [2.75, 3.05) is 21.2 Å². The molecule has 3 aromatic rings. The van der Waals surface area contributed by atoms with Crippen molar-refractivity contribution in [2.24, 2.45) is 4.99 Å². The van der Waals surface area contributed by atoms with Crippen molar-refractivity contribution in [2.45, 2.75) is 26.1 Å². The third-order valence-corrected chi connectivity index (χ3v) is 5.60. The van der Waals surface area contributed by atoms with Crippen LogP contribution in [0, 0.1) is 5.82 Å². The van der Waals surface area contributed by atoms with Gasteiger partial charge in [-0.3, -0.25) is 4.99 Å². The Morgan fingerprint density at radius 2 is 2.16 bits per heavy atom. The van der Waals surface area contributed by atoms with Crippen molar-refractivity contribution in [3.8, 4) is 11.6 Å². The molecule has 7 nitrogen and oxygen atoms in total. The Hall–Kier alpha value is -3.04. The van der Waals surface area contributed by atoms with E-state index in [0.29, 0.717) is 30.7 Å². The average molecular weight is 444 g/mol. The van der Waals surface area contributed by atoms with Crippen molar-refractivity contribution in [1.82, 2.24) is 20.2 Å². The van der Waals surface area contributed by atoms with Gasteiger partial charge in [0.05, 0.1) is 12.2 Å². The lowest BCUT2D eigenvalue weighted by molar-refractivity contribution is 0.119. The highest BCUT2D eigenvalue weighted by atomic mass is 32.1. The molecule has 0 saturated heterocycles. The molecule has 0 radical (unpaired) electrons. The molecule has 9 heteroatoms. The van der Waals surface area contributed by atoms with Crippen LogP contribution in [0.2, 0.25) is 0 Å². The summed E-state index contributed by atoms with van der Waals surface area (Å²) < 4.78 is 24.6. The molecule has 0 aliphatic carbocycles. The number of methoxy groups -OCH3 is 1. The first-order valence-corrected chi connectivity index (χ1v) is 10.6. The predicted molar refractivity (Wildman–Crippen MR) is 120 cm³/mol. The van der Waals surface area contributed by atoms with E-state index in [2.05, 4.69) is 20.3 Å². The fourth-order valence-corrected chi connectivity index (χ4v) is 3.69. The first kappa shape index (κ1) is 22.6. The summed E-state index contributed by atoms with van der Waals surface area (Å²) in [5, 5.41) is 6.29. The Morgan fingerprint density at radius 3 is 2.90 bits per heavy atom. The van der Waals surface area contributed by atoms with Crippen LogP contribution in [-0.2, 0) is 17.8 Å². The minimum Gasteiger partial charge on any atom is -0.439 e. The minimum absolute atomic E-state index is 0.0245. The molecule has 1 aromatic carbocycles. The monoisotopic (exact) mass is 443 g/mol. The van der Waals surface area contributed by atoms with Gasteiger partial charge in [0.25, 0.3) is 0 Å². The second-order valence-corrected chi connectivity index (χ2v) is 7.73. The van der Waals surface area contributed by atoms with Crippen molar-refractivity contribution in [3.05, 3.63) is 70.1 Å². The molecular weight excluding hydrogens is 417 g/mol. The highest BCUT2D eigenvalue weighted by Crippen LogP contribution is 2.24. The van der Waals surface area contributed by atoms with Crippen LogP contribution < -0.4 is 10.1 Å². The quantitative estimate of drug-likeness (QED) is 0.411. The van der Waals surface area contributed by atoms with Gasteiger partial charge in [0.1, 0.15) is 22.7 Å². The van der Waals surface area contributed by atoms with Gasteiger partial charge in [-0.25, -0.2) is 14.4 Å². The van der Waals surface area contributed by atoms with E-state index in [4.69, 9.17) is 9.47 Å². The van der Waals surface area contributed by atoms with Crippen LogP contribution in [0.1, 0.15) is 29.3 Å². The number of halogens is 1. The van der Waals surface area contributed by atoms with Crippen LogP contribution in [0.4, 0.5) is 4.39 Å². The lowest BCUT2D eigenvalue weighted by Crippen LogP contribution is -2.38. The summed E-state index contributed by atoms with van der Waals surface area (Å²) in [6.07, 6.45) is 1.61. The van der Waals surface area contributed by atoms with Crippen LogP contribution in [0.25, 0.3) is 0 Å². The summed E-state index contributed by atoms with van der Waals surface area (Å²) in [4.78, 5) is 15.3. The second-order valence-electron chi connectivity index (χ2n) is 6.84. The topological polar surface area (TPSA) is 71.9 Å². The average Bonchev–Trinajstić information content (AvgIpc) is 3.23. The maximum Gasteiger partial charge on any atom is 0.224 e. The molecule has 2 heterocycles. The summed E-state index contributed by atoms with van der Waals surface area (Å²) in [5.74, 6) is 1.15. The maximum atomic E-state index is 13.5. The Morgan fingerprint density at radius 1 is 1.32 bits per heavy atom. The summed E-state index contributed by atoms with van der Waals surface area (Å²) in [6.45, 7) is 3.02. The van der Waals surface area contributed by atoms with Crippen molar-refractivity contribution in [3.63, 3.8) is 0 Å². The maximum absolute atomic E-state index is 13.5. The number of guanidine groups is 1. The Labute approximate surface area is 185 Å². The SMILES string of the molecule is CN=C(NCc1cccnc1Oc1cccc(F)c1)N(C)Cc1csc(C(C)OC)n1. The molecule has 0 aliphatic rings. The summed E-state index contributed by atoms with van der Waals surface area (Å²) in [6, 6.07) is 9.71. The molecule has 164 valence electrons. The van der Waals surface area contributed by atoms with E-state index >= 15 is 0 Å². The second kappa shape index (κ2) is 10.8. The van der Waals surface area contributed by atoms with Gasteiger partial charge < -0.3 is 19.7 Å². The lowest BCUT2D eigenvalue weighted by Gasteiger charge is -2.21. The van der Waals surface area contributed by atoms with E-state index in [-0.39, 0.29) is 11.9 Å². The highest BCUT2D eigenvalue weighted by Gasteiger charge is 2.14. The standard InChI is InChI=1S/C22H26FN5O2S/c1-15(29-4)21-27-18(14-31-21)13-28(3)22(24-2)26-12-16-7-6-10-25-20(16)30-19-9-5-8-17(23)11-19/h5-11,14-15H,12-13H2,1-4H3,(H,24,26). The van der Waals surface area contributed by atoms with Gasteiger partial charge in [-0.1, -0.05) is 12.1 Å². The minimum atomic E-state index is -0.361. The highest BCUT2D eigenvalue weighted by molar-refractivity contribution is 7.09. The Kier molecular flexibility index (Phi) is 7.91. The molecular formula is C22H26FN5O2S. The van der Waals surface area contributed by atoms with E-state index in [0.717, 1.165) is 16.3 Å². The summed E-state index contributed by atoms with van der Waals surface area (Å²) >= 11 is 1.58. The molecule has 3 rings (SSSR count). The third kappa shape index (κ3) is 6.22. The number of pyridine rings is 1. The first-order valence-electron chi connectivity index (χ1n) is 9.76. The van der Waals surface area contributed by atoms with Gasteiger partial charge in [-0.15, -0.1) is 11.3 Å². The number of nitrogens with one attached hydrogen (secondary N) is 1. The van der Waals surface area contributed by atoms with Gasteiger partial charge in [0.2, 0.25) is 5.88 Å². The van der Waals surface area contributed by atoms with E-state index in [1.807, 2.05) is 36.4 Å². The number of benzene rings is 1. The largest absolute Gasteiger partial charge is 0.439 e. The zero-order valence-electron chi connectivity index (χ0n) is 18.0. The fourth-order valence-electron chi connectivity index (χ4n) is 2.85. The molecule has 0 bridgehead atoms. The van der Waals surface area contributed by atoms with Gasteiger partial charge in [0.15, 0.2) is 5.96 Å². The van der Waals surface area contributed by atoms with Crippen LogP contribution in [0.3, 0.4) is 0 Å². The predicted octanol–water partition coefficient (Wildman–Crippen LogP) is 4.38. The number of hydrogen-bond donors (Lipinski definition) is 1. The van der Waals surface area contributed by atoms with E-state index in [1.165, 1.54) is 12.1 Å². The van der Waals surface area contributed by atoms with E-state index < -0.39 is 0 Å². The summed E-state index contributed by atoms with van der Waals surface area (Å²) in [5.41, 5.74) is 1.78. The van der Waals surface area contributed by atoms with E-state index in [9.17, 15) is 4.39 Å². The van der Waals surface area contributed by atoms with Gasteiger partial charge in [0, 0.05) is 51.0 Å². The van der Waals surface area contributed by atoms with Crippen LogP contribution >= 0.6 is 11.3 Å². The molecule has 1 N–H and O–H groups in total. The Balaban J connectivity index is 1.63. The number of aromatic nitrogens is 2. The zero-order valence-corrected chi connectivity index (χ0v) is 18.8. The molecule has 0 amide bonds. The molecule has 0 aliphatic heterocycles. The number of nitrogens with zero attached hydrogens (tertiary/aromatic N) is 4. The van der Waals surface area contributed by atoms with Crippen molar-refractivity contribution in [1.29, 1.82) is 0 Å². The fraction of sp³-hybridized carbons (Fsp3) is 0.318. The Bertz CT molecular complexity index is 1030. The molecule has 1 unspecified atom stereocenters. The number of thiazole rings is 1. The third-order valence-electron chi connectivity index (χ3n) is 4.54. The summed E-state index contributed by atoms with van der Waals surface area (Å²) in [7, 11) is 5.35. The number of aliphatic imine (C=N–C) groups is 1. The number of rotatable bonds is 8. The number of ether oxygens (including phenoxy) is 2. The zero-order chi connectivity index (χ0) is 22.2. The van der Waals surface area contributed by atoms with E-state index in [1.54, 1.807) is 43.8 Å². The molecule has 0 fully saturated rings. The van der Waals surface area contributed by atoms with Crippen LogP contribution in [-0.4, -0.2) is 42.0 Å². The molecule has 31 heavy (non-hydrogen) atoms. The molecule has 0 spiro atoms. The molecule has 1 atom stereocenters. The smallest absolute Gasteiger partial charge is 0.224 e. The first-order chi connectivity index (χ1) is 15.0. The van der Waals surface area contributed by atoms with Crippen molar-refractivity contribution < 1.29 is 13.9 Å². The van der Waals surface area contributed by atoms with Gasteiger partial charge >= 0.3 is 0 Å². The lowest BCUT2D eigenvalue weighted by atomic mass is 10.2. The number of hydrogen-bond acceptors (Lipinski definition) is 6. The van der Waals surface area contributed by atoms with Crippen molar-refractivity contribution >= 4 is 17.3 Å². The molecule has 2 aromatic heterocycles. The van der Waals surface area contributed by atoms with Gasteiger partial charge in [-0.05, 0) is 25.1 Å². The van der Waals surface area contributed by atoms with Gasteiger partial charge in [-0.2, -0.15) is 0 Å². The van der Waals surface area contributed by atoms with Crippen LogP contribution in [0.15, 0.2) is 53.0 Å². The molecule has 0 saturated carbocycles.